The Kier molecular flexibility index (Phi) is 5.50. The van der Waals surface area contributed by atoms with Gasteiger partial charge in [0.1, 0.15) is 0 Å². The summed E-state index contributed by atoms with van der Waals surface area (Å²) in [5.41, 5.74) is 3.57. The van der Waals surface area contributed by atoms with Crippen LogP contribution in [0.25, 0.3) is 0 Å². The number of aromatic nitrogens is 1. The van der Waals surface area contributed by atoms with Crippen LogP contribution in [0.3, 0.4) is 0 Å². The van der Waals surface area contributed by atoms with E-state index >= 15 is 0 Å². The first-order valence-corrected chi connectivity index (χ1v) is 7.15. The second-order valence-corrected chi connectivity index (χ2v) is 5.12. The molecule has 0 saturated carbocycles. The van der Waals surface area contributed by atoms with E-state index < -0.39 is 0 Å². The monoisotopic (exact) mass is 285 g/mol. The summed E-state index contributed by atoms with van der Waals surface area (Å²) >= 11 is 5.23. The van der Waals surface area contributed by atoms with Crippen molar-refractivity contribution in [3.63, 3.8) is 0 Å². The average Bonchev–Trinajstić information content (AvgIpc) is 2.46. The molecular weight excluding hydrogens is 266 g/mol. The van der Waals surface area contributed by atoms with Crippen LogP contribution >= 0.6 is 12.2 Å². The normalized spacial score (nSPS) is 10.1. The minimum atomic E-state index is 0.641. The van der Waals surface area contributed by atoms with Crippen molar-refractivity contribution in [2.24, 2.45) is 0 Å². The lowest BCUT2D eigenvalue weighted by Crippen LogP contribution is -2.29. The molecule has 0 atom stereocenters. The van der Waals surface area contributed by atoms with Gasteiger partial charge in [-0.05, 0) is 49.7 Å². The van der Waals surface area contributed by atoms with Crippen molar-refractivity contribution in [3.8, 4) is 0 Å². The van der Waals surface area contributed by atoms with Crippen molar-refractivity contribution >= 4 is 23.0 Å². The van der Waals surface area contributed by atoms with Crippen molar-refractivity contribution in [3.05, 3.63) is 59.9 Å². The summed E-state index contributed by atoms with van der Waals surface area (Å²) in [6.07, 6.45) is 5.60. The second-order valence-electron chi connectivity index (χ2n) is 4.71. The predicted octanol–water partition coefficient (Wildman–Crippen LogP) is 3.31. The van der Waals surface area contributed by atoms with Crippen LogP contribution in [-0.2, 0) is 6.42 Å². The Morgan fingerprint density at radius 2 is 2.00 bits per heavy atom. The molecule has 20 heavy (non-hydrogen) atoms. The van der Waals surface area contributed by atoms with Gasteiger partial charge in [0.05, 0.1) is 11.9 Å². The highest BCUT2D eigenvalue weighted by Crippen LogP contribution is 2.05. The summed E-state index contributed by atoms with van der Waals surface area (Å²) in [5.74, 6) is 0. The third-order valence-corrected chi connectivity index (χ3v) is 3.21. The predicted molar refractivity (Wildman–Crippen MR) is 88.0 cm³/mol. The lowest BCUT2D eigenvalue weighted by molar-refractivity contribution is 0.777. The summed E-state index contributed by atoms with van der Waals surface area (Å²) in [5, 5.41) is 6.95. The molecule has 0 aliphatic heterocycles. The topological polar surface area (TPSA) is 37.0 Å². The molecule has 0 bridgehead atoms. The quantitative estimate of drug-likeness (QED) is 0.653. The number of hydrogen-bond donors (Lipinski definition) is 2. The molecule has 1 aromatic carbocycles. The van der Waals surface area contributed by atoms with Crippen molar-refractivity contribution in [1.82, 2.24) is 10.3 Å². The molecule has 3 nitrogen and oxygen atoms in total. The highest BCUT2D eigenvalue weighted by atomic mass is 32.1. The average molecular weight is 285 g/mol. The van der Waals surface area contributed by atoms with E-state index in [2.05, 4.69) is 46.8 Å². The SMILES string of the molecule is Cc1ccc(CCCNC(=S)Nc2cccnc2)cc1. The van der Waals surface area contributed by atoms with Gasteiger partial charge in [0.25, 0.3) is 0 Å². The Bertz CT molecular complexity index is 537. The maximum absolute atomic E-state index is 5.23. The van der Waals surface area contributed by atoms with Gasteiger partial charge >= 0.3 is 0 Å². The molecule has 0 fully saturated rings. The summed E-state index contributed by atoms with van der Waals surface area (Å²) < 4.78 is 0. The highest BCUT2D eigenvalue weighted by Gasteiger charge is 1.97. The summed E-state index contributed by atoms with van der Waals surface area (Å²) in [7, 11) is 0. The van der Waals surface area contributed by atoms with E-state index in [9.17, 15) is 0 Å². The number of aryl methyl sites for hydroxylation is 2. The lowest BCUT2D eigenvalue weighted by atomic mass is 10.1. The first kappa shape index (κ1) is 14.5. The molecular formula is C16H19N3S. The van der Waals surface area contributed by atoms with Crippen LogP contribution in [0.5, 0.6) is 0 Å². The molecule has 104 valence electrons. The highest BCUT2D eigenvalue weighted by molar-refractivity contribution is 7.80. The van der Waals surface area contributed by atoms with Crippen LogP contribution in [0.1, 0.15) is 17.5 Å². The van der Waals surface area contributed by atoms with Gasteiger partial charge in [-0.2, -0.15) is 0 Å². The van der Waals surface area contributed by atoms with E-state index in [1.165, 1.54) is 11.1 Å². The fraction of sp³-hybridized carbons (Fsp3) is 0.250. The van der Waals surface area contributed by atoms with Crippen LogP contribution in [0.15, 0.2) is 48.8 Å². The van der Waals surface area contributed by atoms with Gasteiger partial charge in [0, 0.05) is 12.7 Å². The molecule has 0 saturated heterocycles. The molecule has 0 unspecified atom stereocenters. The van der Waals surface area contributed by atoms with Gasteiger partial charge in [-0.1, -0.05) is 29.8 Å². The number of nitrogens with one attached hydrogen (secondary N) is 2. The van der Waals surface area contributed by atoms with Crippen LogP contribution in [0.4, 0.5) is 5.69 Å². The minimum Gasteiger partial charge on any atom is -0.362 e. The Hall–Kier alpha value is -1.94. The van der Waals surface area contributed by atoms with Gasteiger partial charge < -0.3 is 10.6 Å². The maximum Gasteiger partial charge on any atom is 0.170 e. The first-order chi connectivity index (χ1) is 9.74. The number of anilines is 1. The fourth-order valence-corrected chi connectivity index (χ4v) is 2.08. The Labute approximate surface area is 125 Å². The summed E-state index contributed by atoms with van der Waals surface area (Å²) in [6.45, 7) is 2.97. The van der Waals surface area contributed by atoms with E-state index in [0.29, 0.717) is 5.11 Å². The number of hydrogen-bond acceptors (Lipinski definition) is 2. The third kappa shape index (κ3) is 4.97. The standard InChI is InChI=1S/C16H19N3S/c1-13-6-8-14(9-7-13)4-2-11-18-16(20)19-15-5-3-10-17-12-15/h3,5-10,12H,2,4,11H2,1H3,(H2,18,19,20). The molecule has 0 spiro atoms. The fourth-order valence-electron chi connectivity index (χ4n) is 1.86. The van der Waals surface area contributed by atoms with Gasteiger partial charge in [0.15, 0.2) is 5.11 Å². The molecule has 0 aliphatic carbocycles. The lowest BCUT2D eigenvalue weighted by Gasteiger charge is -2.10. The van der Waals surface area contributed by atoms with Gasteiger partial charge in [-0.15, -0.1) is 0 Å². The molecule has 4 heteroatoms. The molecule has 0 amide bonds. The summed E-state index contributed by atoms with van der Waals surface area (Å²) in [6, 6.07) is 12.5. The van der Waals surface area contributed by atoms with Crippen molar-refractivity contribution in [2.45, 2.75) is 19.8 Å². The van der Waals surface area contributed by atoms with Crippen LogP contribution in [-0.4, -0.2) is 16.6 Å². The number of rotatable bonds is 5. The smallest absolute Gasteiger partial charge is 0.170 e. The molecule has 1 heterocycles. The zero-order valence-electron chi connectivity index (χ0n) is 11.6. The van der Waals surface area contributed by atoms with Crippen LogP contribution < -0.4 is 10.6 Å². The number of nitrogens with zero attached hydrogens (tertiary/aromatic N) is 1. The molecule has 2 aromatic rings. The van der Waals surface area contributed by atoms with Crippen LogP contribution in [0, 0.1) is 6.92 Å². The van der Waals surface area contributed by atoms with Gasteiger partial charge in [-0.3, -0.25) is 4.98 Å². The Balaban J connectivity index is 1.66. The molecule has 0 aliphatic rings. The molecule has 0 radical (unpaired) electrons. The zero-order valence-corrected chi connectivity index (χ0v) is 12.4. The third-order valence-electron chi connectivity index (χ3n) is 2.97. The van der Waals surface area contributed by atoms with E-state index in [1.807, 2.05) is 12.1 Å². The van der Waals surface area contributed by atoms with Gasteiger partial charge in [0.2, 0.25) is 0 Å². The van der Waals surface area contributed by atoms with E-state index in [4.69, 9.17) is 12.2 Å². The Morgan fingerprint density at radius 1 is 1.20 bits per heavy atom. The molecule has 2 N–H and O–H groups in total. The molecule has 2 rings (SSSR count). The number of thiocarbonyl (C=S) groups is 1. The summed E-state index contributed by atoms with van der Waals surface area (Å²) in [4.78, 5) is 4.03. The maximum atomic E-state index is 5.23. The zero-order chi connectivity index (χ0) is 14.2. The Morgan fingerprint density at radius 3 is 2.70 bits per heavy atom. The van der Waals surface area contributed by atoms with E-state index in [-0.39, 0.29) is 0 Å². The van der Waals surface area contributed by atoms with Crippen LogP contribution in [0.2, 0.25) is 0 Å². The van der Waals surface area contributed by atoms with E-state index in [1.54, 1.807) is 12.4 Å². The largest absolute Gasteiger partial charge is 0.362 e. The minimum absolute atomic E-state index is 0.641. The second kappa shape index (κ2) is 7.60. The van der Waals surface area contributed by atoms with Crippen molar-refractivity contribution in [2.75, 3.05) is 11.9 Å². The number of benzene rings is 1. The van der Waals surface area contributed by atoms with Gasteiger partial charge in [-0.25, -0.2) is 0 Å². The van der Waals surface area contributed by atoms with Crippen molar-refractivity contribution in [1.29, 1.82) is 0 Å². The number of pyridine rings is 1. The van der Waals surface area contributed by atoms with Crippen molar-refractivity contribution < 1.29 is 0 Å². The molecule has 1 aromatic heterocycles. The first-order valence-electron chi connectivity index (χ1n) is 6.74. The van der Waals surface area contributed by atoms with E-state index in [0.717, 1.165) is 25.1 Å².